The molecule has 0 aromatic rings. The molecule has 0 amide bonds. The zero-order valence-corrected chi connectivity index (χ0v) is 10.7. The summed E-state index contributed by atoms with van der Waals surface area (Å²) in [4.78, 5) is 0. The van der Waals surface area contributed by atoms with Crippen LogP contribution < -0.4 is 0 Å². The van der Waals surface area contributed by atoms with Crippen LogP contribution in [0.3, 0.4) is 0 Å². The second-order valence-electron chi connectivity index (χ2n) is 3.96. The van der Waals surface area contributed by atoms with Gasteiger partial charge in [-0.25, -0.2) is 9.65 Å². The van der Waals surface area contributed by atoms with Crippen molar-refractivity contribution in [1.29, 1.82) is 0 Å². The minimum Gasteiger partial charge on any atom is -0.219 e. The molecule has 0 rings (SSSR count). The fourth-order valence-corrected chi connectivity index (χ4v) is 4.90. The Bertz CT molecular complexity index is 97.0. The monoisotopic (exact) mass is 194 g/mol. The molecule has 70 valence electrons. The quantitative estimate of drug-likeness (QED) is 0.599. The predicted molar refractivity (Wildman–Crippen MR) is 62.7 cm³/mol. The lowest BCUT2D eigenvalue weighted by Crippen LogP contribution is -2.22. The molecule has 0 bridgehead atoms. The van der Waals surface area contributed by atoms with Gasteiger partial charge in [-0.3, -0.25) is 0 Å². The molecular formula is C9H23PS. The highest BCUT2D eigenvalue weighted by Crippen LogP contribution is 2.66. The smallest absolute Gasteiger partial charge is 0.0134 e. The van der Waals surface area contributed by atoms with Crippen molar-refractivity contribution in [2.45, 2.75) is 57.3 Å². The van der Waals surface area contributed by atoms with Gasteiger partial charge in [0.05, 0.1) is 0 Å². The first-order chi connectivity index (χ1) is 4.83. The molecule has 0 aliphatic carbocycles. The van der Waals surface area contributed by atoms with Crippen molar-refractivity contribution in [2.75, 3.05) is 0 Å². The molecule has 1 atom stereocenters. The zero-order valence-electron chi connectivity index (χ0n) is 8.72. The van der Waals surface area contributed by atoms with E-state index in [0.29, 0.717) is 0 Å². The Morgan fingerprint density at radius 2 is 0.909 bits per heavy atom. The molecule has 0 saturated carbocycles. The lowest BCUT2D eigenvalue weighted by molar-refractivity contribution is 0.967. The van der Waals surface area contributed by atoms with E-state index in [2.05, 4.69) is 50.0 Å². The van der Waals surface area contributed by atoms with Gasteiger partial charge in [0.25, 0.3) is 0 Å². The molecule has 11 heavy (non-hydrogen) atoms. The Kier molecular flexibility index (Phi) is 4.43. The third kappa shape index (κ3) is 2.36. The largest absolute Gasteiger partial charge is 0.219 e. The van der Waals surface area contributed by atoms with Crippen molar-refractivity contribution in [3.63, 3.8) is 0 Å². The molecule has 0 aromatic carbocycles. The van der Waals surface area contributed by atoms with Crippen LogP contribution >= 0.6 is 18.1 Å². The van der Waals surface area contributed by atoms with Crippen LogP contribution in [0.25, 0.3) is 0 Å². The topological polar surface area (TPSA) is 0 Å². The van der Waals surface area contributed by atoms with Gasteiger partial charge in [0.1, 0.15) is 0 Å². The van der Waals surface area contributed by atoms with E-state index < -0.39 is 9.65 Å². The highest BCUT2D eigenvalue weighted by atomic mass is 32.8. The molecule has 1 unspecified atom stereocenters. The summed E-state index contributed by atoms with van der Waals surface area (Å²) in [5.41, 5.74) is 0. The molecule has 0 nitrogen and oxygen atoms in total. The van der Waals surface area contributed by atoms with Gasteiger partial charge in [0.2, 0.25) is 0 Å². The van der Waals surface area contributed by atoms with Crippen LogP contribution in [-0.4, -0.2) is 15.7 Å². The molecule has 0 radical (unpaired) electrons. The molecular weight excluding hydrogens is 171 g/mol. The summed E-state index contributed by atoms with van der Waals surface area (Å²) in [5, 5.41) is 2.48. The Morgan fingerprint density at radius 3 is 0.909 bits per heavy atom. The first kappa shape index (κ1) is 11.8. The standard InChI is InChI=1S/C9H23PS/c1-7(2)11(10,8(3)4)9(5)6/h7-9H,10H2,1-6H3. The zero-order chi connectivity index (χ0) is 9.23. The van der Waals surface area contributed by atoms with Crippen molar-refractivity contribution in [2.24, 2.45) is 0 Å². The third-order valence-corrected chi connectivity index (χ3v) is 12.2. The van der Waals surface area contributed by atoms with E-state index in [1.165, 1.54) is 0 Å². The van der Waals surface area contributed by atoms with E-state index in [0.717, 1.165) is 15.7 Å². The molecule has 2 heteroatoms. The van der Waals surface area contributed by atoms with Gasteiger partial charge < -0.3 is 0 Å². The van der Waals surface area contributed by atoms with Gasteiger partial charge in [-0.05, 0) is 15.7 Å². The van der Waals surface area contributed by atoms with E-state index in [1.54, 1.807) is 0 Å². The molecule has 0 N–H and O–H groups in total. The van der Waals surface area contributed by atoms with Crippen LogP contribution in [0.1, 0.15) is 41.5 Å². The first-order valence-electron chi connectivity index (χ1n) is 4.41. The fraction of sp³-hybridized carbons (Fsp3) is 1.00. The molecule has 0 saturated heterocycles. The summed E-state index contributed by atoms with van der Waals surface area (Å²) in [5.74, 6) is 0. The average Bonchev–Trinajstić information content (AvgIpc) is 1.84. The van der Waals surface area contributed by atoms with Crippen LogP contribution in [0.4, 0.5) is 0 Å². The molecule has 0 aliphatic rings. The number of hydrogen-bond acceptors (Lipinski definition) is 0. The SMILES string of the molecule is CC(C)S(P)(C(C)C)C(C)C. The summed E-state index contributed by atoms with van der Waals surface area (Å²) in [6, 6.07) is 0. The first-order valence-corrected chi connectivity index (χ1v) is 7.71. The highest BCUT2D eigenvalue weighted by Gasteiger charge is 2.29. The maximum Gasteiger partial charge on any atom is -0.0134 e. The normalized spacial score (nSPS) is 15.1. The predicted octanol–water partition coefficient (Wildman–Crippen LogP) is 3.81. The summed E-state index contributed by atoms with van der Waals surface area (Å²) in [6.07, 6.45) is 0. The Hall–Kier alpha value is 0.780. The fourth-order valence-electron chi connectivity index (χ4n) is 1.63. The van der Waals surface area contributed by atoms with E-state index >= 15 is 0 Å². The van der Waals surface area contributed by atoms with Crippen molar-refractivity contribution < 1.29 is 0 Å². The second kappa shape index (κ2) is 4.14. The number of hydrogen-bond donors (Lipinski definition) is 0. The lowest BCUT2D eigenvalue weighted by atomic mass is 10.5. The maximum absolute atomic E-state index is 3.15. The van der Waals surface area contributed by atoms with Crippen LogP contribution in [0, 0.1) is 0 Å². The minimum absolute atomic E-state index is 0.472. The molecule has 0 heterocycles. The minimum atomic E-state index is -0.472. The van der Waals surface area contributed by atoms with Crippen LogP contribution in [0.15, 0.2) is 0 Å². The van der Waals surface area contributed by atoms with Crippen molar-refractivity contribution in [3.05, 3.63) is 0 Å². The van der Waals surface area contributed by atoms with Gasteiger partial charge in [0, 0.05) is 0 Å². The van der Waals surface area contributed by atoms with E-state index in [-0.39, 0.29) is 0 Å². The second-order valence-corrected chi connectivity index (χ2v) is 10.9. The van der Waals surface area contributed by atoms with Crippen molar-refractivity contribution >= 4 is 18.1 Å². The maximum atomic E-state index is 3.15. The van der Waals surface area contributed by atoms with E-state index in [4.69, 9.17) is 0 Å². The molecule has 0 aromatic heterocycles. The summed E-state index contributed by atoms with van der Waals surface area (Å²) < 4.78 is 0. The average molecular weight is 194 g/mol. The number of rotatable bonds is 3. The van der Waals surface area contributed by atoms with Gasteiger partial charge in [-0.2, -0.15) is 0 Å². The van der Waals surface area contributed by atoms with Crippen LogP contribution in [-0.2, 0) is 0 Å². The molecule has 0 fully saturated rings. The summed E-state index contributed by atoms with van der Waals surface area (Å²) in [7, 11) is 2.67. The Balaban J connectivity index is 4.53. The van der Waals surface area contributed by atoms with E-state index in [1.807, 2.05) is 0 Å². The third-order valence-electron chi connectivity index (χ3n) is 2.45. The summed E-state index contributed by atoms with van der Waals surface area (Å²) in [6.45, 7) is 14.1. The Labute approximate surface area is 75.8 Å². The van der Waals surface area contributed by atoms with Crippen molar-refractivity contribution in [1.82, 2.24) is 0 Å². The highest BCUT2D eigenvalue weighted by molar-refractivity contribution is 8.69. The van der Waals surface area contributed by atoms with Crippen molar-refractivity contribution in [3.8, 4) is 0 Å². The van der Waals surface area contributed by atoms with Gasteiger partial charge in [-0.1, -0.05) is 50.0 Å². The van der Waals surface area contributed by atoms with Gasteiger partial charge in [-0.15, -0.1) is 0 Å². The van der Waals surface area contributed by atoms with E-state index in [9.17, 15) is 0 Å². The van der Waals surface area contributed by atoms with Crippen LogP contribution in [0.5, 0.6) is 0 Å². The Morgan fingerprint density at radius 1 is 0.727 bits per heavy atom. The molecule has 0 aliphatic heterocycles. The van der Waals surface area contributed by atoms with Gasteiger partial charge >= 0.3 is 0 Å². The summed E-state index contributed by atoms with van der Waals surface area (Å²) >= 11 is 0. The van der Waals surface area contributed by atoms with Crippen LogP contribution in [0.2, 0.25) is 0 Å². The lowest BCUT2D eigenvalue weighted by Gasteiger charge is -2.47. The van der Waals surface area contributed by atoms with Gasteiger partial charge in [0.15, 0.2) is 0 Å². The molecule has 0 spiro atoms.